The average Bonchev–Trinajstić information content (AvgIpc) is 2.52. The Hall–Kier alpha value is -2.61. The Morgan fingerprint density at radius 2 is 1.83 bits per heavy atom. The van der Waals surface area contributed by atoms with Crippen molar-refractivity contribution in [2.45, 2.75) is 45.4 Å². The molecule has 0 heterocycles. The van der Waals surface area contributed by atoms with Crippen molar-refractivity contribution in [3.63, 3.8) is 0 Å². The normalized spacial score (nSPS) is 12.2. The second-order valence-corrected chi connectivity index (χ2v) is 5.01. The Labute approximate surface area is 140 Å². The first-order valence-electron chi connectivity index (χ1n) is 7.31. The van der Waals surface area contributed by atoms with Gasteiger partial charge in [0.25, 0.3) is 0 Å². The first-order chi connectivity index (χ1) is 10.9. The van der Waals surface area contributed by atoms with Gasteiger partial charge in [-0.15, -0.1) is 0 Å². The molecular formula is C16H23NO7. The molecule has 1 amide bonds. The summed E-state index contributed by atoms with van der Waals surface area (Å²) in [5.74, 6) is -2.02. The van der Waals surface area contributed by atoms with E-state index in [1.165, 1.54) is 0 Å². The summed E-state index contributed by atoms with van der Waals surface area (Å²) in [6.07, 6.45) is -1.22. The van der Waals surface area contributed by atoms with Crippen LogP contribution < -0.4 is 5.32 Å². The zero-order valence-electron chi connectivity index (χ0n) is 13.7. The zero-order valence-corrected chi connectivity index (χ0v) is 13.7. The second kappa shape index (κ2) is 11.0. The van der Waals surface area contributed by atoms with Crippen LogP contribution in [0.1, 0.15) is 32.3 Å². The highest BCUT2D eigenvalue weighted by molar-refractivity contribution is 5.85. The Kier molecular flexibility index (Phi) is 9.81. The van der Waals surface area contributed by atoms with Gasteiger partial charge < -0.3 is 25.4 Å². The molecule has 0 radical (unpaired) electrons. The minimum atomic E-state index is -1.29. The van der Waals surface area contributed by atoms with Crippen molar-refractivity contribution in [3.8, 4) is 0 Å². The van der Waals surface area contributed by atoms with E-state index in [0.29, 0.717) is 6.42 Å². The van der Waals surface area contributed by atoms with Crippen LogP contribution in [0.3, 0.4) is 0 Å². The summed E-state index contributed by atoms with van der Waals surface area (Å²) in [5.41, 5.74) is 0.777. The minimum absolute atomic E-state index is 0. The van der Waals surface area contributed by atoms with Crippen molar-refractivity contribution in [3.05, 3.63) is 35.9 Å². The molecule has 4 N–H and O–H groups in total. The van der Waals surface area contributed by atoms with Gasteiger partial charge >= 0.3 is 18.0 Å². The van der Waals surface area contributed by atoms with Crippen molar-refractivity contribution in [2.75, 3.05) is 0 Å². The Morgan fingerprint density at radius 3 is 2.38 bits per heavy atom. The molecule has 0 aliphatic heterocycles. The molecule has 8 heteroatoms. The van der Waals surface area contributed by atoms with Crippen molar-refractivity contribution in [2.24, 2.45) is 0 Å². The third-order valence-electron chi connectivity index (χ3n) is 3.06. The fourth-order valence-electron chi connectivity index (χ4n) is 1.64. The fraction of sp³-hybridized carbons (Fsp3) is 0.438. The van der Waals surface area contributed by atoms with Crippen molar-refractivity contribution >= 4 is 18.0 Å². The summed E-state index contributed by atoms with van der Waals surface area (Å²) in [5, 5.41) is 11.1. The monoisotopic (exact) mass is 341 g/mol. The highest BCUT2D eigenvalue weighted by atomic mass is 16.6. The second-order valence-electron chi connectivity index (χ2n) is 5.01. The summed E-state index contributed by atoms with van der Waals surface area (Å²) in [6.45, 7) is 3.53. The first-order valence-corrected chi connectivity index (χ1v) is 7.31. The maximum Gasteiger partial charge on any atom is 0.408 e. The summed E-state index contributed by atoms with van der Waals surface area (Å²) >= 11 is 0. The molecule has 0 saturated carbocycles. The average molecular weight is 341 g/mol. The van der Waals surface area contributed by atoms with E-state index in [-0.39, 0.29) is 18.2 Å². The Bertz CT molecular complexity index is 532. The molecule has 0 spiro atoms. The number of hydrogen-bond acceptors (Lipinski definition) is 5. The topological polar surface area (TPSA) is 133 Å². The summed E-state index contributed by atoms with van der Waals surface area (Å²) in [7, 11) is 0. The number of amides is 1. The first kappa shape index (κ1) is 21.4. The van der Waals surface area contributed by atoms with E-state index < -0.39 is 30.5 Å². The molecule has 134 valence electrons. The number of carboxylic acid groups (broad SMARTS) is 1. The van der Waals surface area contributed by atoms with Crippen molar-refractivity contribution in [1.29, 1.82) is 0 Å². The molecule has 1 aromatic carbocycles. The predicted molar refractivity (Wildman–Crippen MR) is 85.3 cm³/mol. The quantitative estimate of drug-likeness (QED) is 0.684. The van der Waals surface area contributed by atoms with Crippen LogP contribution in [0.15, 0.2) is 30.3 Å². The molecule has 24 heavy (non-hydrogen) atoms. The lowest BCUT2D eigenvalue weighted by atomic mass is 10.2. The van der Waals surface area contributed by atoms with E-state index in [1.807, 2.05) is 13.0 Å². The van der Waals surface area contributed by atoms with Gasteiger partial charge in [0.2, 0.25) is 0 Å². The van der Waals surface area contributed by atoms with Crippen LogP contribution in [-0.4, -0.2) is 40.8 Å². The van der Waals surface area contributed by atoms with Crippen LogP contribution in [0.2, 0.25) is 0 Å². The van der Waals surface area contributed by atoms with Crippen molar-refractivity contribution in [1.82, 2.24) is 5.32 Å². The smallest absolute Gasteiger partial charge is 0.408 e. The number of carboxylic acids is 1. The van der Waals surface area contributed by atoms with Crippen LogP contribution in [0, 0.1) is 0 Å². The van der Waals surface area contributed by atoms with Gasteiger partial charge in [-0.1, -0.05) is 37.3 Å². The molecule has 8 nitrogen and oxygen atoms in total. The number of esters is 1. The number of benzene rings is 1. The number of alkyl carbamates (subject to hydrolysis) is 1. The molecule has 2 unspecified atom stereocenters. The molecular weight excluding hydrogens is 318 g/mol. The Balaban J connectivity index is 0.00000529. The maximum absolute atomic E-state index is 11.9. The van der Waals surface area contributed by atoms with Crippen LogP contribution in [-0.2, 0) is 25.7 Å². The zero-order chi connectivity index (χ0) is 17.2. The lowest BCUT2D eigenvalue weighted by Crippen LogP contribution is -2.44. The van der Waals surface area contributed by atoms with Crippen LogP contribution in [0.25, 0.3) is 0 Å². The summed E-state index contributed by atoms with van der Waals surface area (Å²) < 4.78 is 10.0. The third-order valence-corrected chi connectivity index (χ3v) is 3.06. The fourth-order valence-corrected chi connectivity index (χ4v) is 1.64. The number of carbonyl (C=O) groups excluding carboxylic acids is 2. The van der Waals surface area contributed by atoms with Gasteiger partial charge in [0.05, 0.1) is 12.5 Å². The summed E-state index contributed by atoms with van der Waals surface area (Å²) in [6, 6.07) is 7.70. The predicted octanol–water partition coefficient (Wildman–Crippen LogP) is 1.27. The number of ether oxygens (including phenoxy) is 2. The lowest BCUT2D eigenvalue weighted by molar-refractivity contribution is -0.154. The largest absolute Gasteiger partial charge is 0.481 e. The molecule has 1 rings (SSSR count). The maximum atomic E-state index is 11.9. The SMILES string of the molecule is CCC(C)OC(=O)C(CC(=O)O)NC(=O)OCc1ccccc1.O. The molecule has 0 fully saturated rings. The van der Waals surface area contributed by atoms with E-state index >= 15 is 0 Å². The summed E-state index contributed by atoms with van der Waals surface area (Å²) in [4.78, 5) is 34.5. The number of hydrogen-bond donors (Lipinski definition) is 2. The number of aliphatic carboxylic acids is 1. The van der Waals surface area contributed by atoms with Gasteiger partial charge in [-0.25, -0.2) is 9.59 Å². The van der Waals surface area contributed by atoms with Crippen LogP contribution in [0.5, 0.6) is 0 Å². The van der Waals surface area contributed by atoms with Crippen LogP contribution in [0.4, 0.5) is 4.79 Å². The molecule has 0 aliphatic carbocycles. The molecule has 1 aromatic rings. The number of nitrogens with one attached hydrogen (secondary N) is 1. The third kappa shape index (κ3) is 8.14. The van der Waals surface area contributed by atoms with E-state index in [0.717, 1.165) is 5.56 Å². The van der Waals surface area contributed by atoms with E-state index in [1.54, 1.807) is 31.2 Å². The Morgan fingerprint density at radius 1 is 1.21 bits per heavy atom. The van der Waals surface area contributed by atoms with Gasteiger partial charge in [-0.05, 0) is 18.9 Å². The standard InChI is InChI=1S/C16H21NO6.H2O/c1-3-11(2)23-15(20)13(9-14(18)19)17-16(21)22-10-12-7-5-4-6-8-12;/h4-8,11,13H,3,9-10H2,1-2H3,(H,17,21)(H,18,19);1H2. The van der Waals surface area contributed by atoms with Crippen molar-refractivity contribution < 1.29 is 34.4 Å². The minimum Gasteiger partial charge on any atom is -0.481 e. The van der Waals surface area contributed by atoms with Gasteiger partial charge in [-0.3, -0.25) is 4.79 Å². The number of rotatable bonds is 8. The lowest BCUT2D eigenvalue weighted by Gasteiger charge is -2.18. The highest BCUT2D eigenvalue weighted by Gasteiger charge is 2.27. The van der Waals surface area contributed by atoms with Gasteiger partial charge in [0.1, 0.15) is 12.6 Å². The molecule has 0 bridgehead atoms. The highest BCUT2D eigenvalue weighted by Crippen LogP contribution is 2.05. The molecule has 0 aromatic heterocycles. The number of carbonyl (C=O) groups is 3. The molecule has 2 atom stereocenters. The van der Waals surface area contributed by atoms with Crippen LogP contribution >= 0.6 is 0 Å². The molecule has 0 aliphatic rings. The van der Waals surface area contributed by atoms with Gasteiger partial charge in [-0.2, -0.15) is 0 Å². The van der Waals surface area contributed by atoms with Gasteiger partial charge in [0, 0.05) is 0 Å². The van der Waals surface area contributed by atoms with E-state index in [9.17, 15) is 14.4 Å². The molecule has 0 saturated heterocycles. The van der Waals surface area contributed by atoms with E-state index in [4.69, 9.17) is 14.6 Å². The van der Waals surface area contributed by atoms with Gasteiger partial charge in [0.15, 0.2) is 0 Å². The van der Waals surface area contributed by atoms with E-state index in [2.05, 4.69) is 5.32 Å².